The van der Waals surface area contributed by atoms with Crippen molar-refractivity contribution in [2.75, 3.05) is 7.11 Å². The van der Waals surface area contributed by atoms with E-state index < -0.39 is 6.04 Å². The van der Waals surface area contributed by atoms with Crippen molar-refractivity contribution in [1.29, 1.82) is 0 Å². The van der Waals surface area contributed by atoms with E-state index in [1.165, 1.54) is 0 Å². The summed E-state index contributed by atoms with van der Waals surface area (Å²) < 4.78 is 5.12. The van der Waals surface area contributed by atoms with Gasteiger partial charge in [0, 0.05) is 17.6 Å². The Morgan fingerprint density at radius 2 is 1.62 bits per heavy atom. The van der Waals surface area contributed by atoms with Crippen LogP contribution < -0.4 is 21.1 Å². The van der Waals surface area contributed by atoms with Crippen LogP contribution in [0.1, 0.15) is 47.6 Å². The maximum atomic E-state index is 13.0. The normalized spacial score (nSPS) is 19.4. The van der Waals surface area contributed by atoms with Crippen molar-refractivity contribution in [1.82, 2.24) is 10.6 Å². The number of nitrogens with one attached hydrogen (secondary N) is 2. The number of ether oxygens (including phenoxy) is 1. The Bertz CT molecular complexity index is 791. The Morgan fingerprint density at radius 3 is 2.21 bits per heavy atom. The molecule has 1 fully saturated rings. The molecule has 0 aromatic heterocycles. The molecule has 2 amide bonds. The smallest absolute Gasteiger partial charge is 0.252 e. The number of halogens is 1. The van der Waals surface area contributed by atoms with Gasteiger partial charge in [-0.2, -0.15) is 0 Å². The van der Waals surface area contributed by atoms with Crippen LogP contribution in [0.4, 0.5) is 0 Å². The van der Waals surface area contributed by atoms with E-state index in [-0.39, 0.29) is 36.3 Å². The maximum Gasteiger partial charge on any atom is 0.252 e. The van der Waals surface area contributed by atoms with E-state index in [1.54, 1.807) is 31.4 Å². The Morgan fingerprint density at radius 1 is 1.00 bits per heavy atom. The molecule has 3 rings (SSSR count). The van der Waals surface area contributed by atoms with Gasteiger partial charge in [0.05, 0.1) is 7.11 Å². The highest BCUT2D eigenvalue weighted by Crippen LogP contribution is 2.20. The van der Waals surface area contributed by atoms with Crippen LogP contribution in [0.5, 0.6) is 5.75 Å². The average molecular weight is 418 g/mol. The van der Waals surface area contributed by atoms with Gasteiger partial charge in [-0.25, -0.2) is 0 Å². The summed E-state index contributed by atoms with van der Waals surface area (Å²) in [6, 6.07) is 15.6. The van der Waals surface area contributed by atoms with E-state index in [2.05, 4.69) is 10.6 Å². The molecular formula is C22H28ClN3O3. The summed E-state index contributed by atoms with van der Waals surface area (Å²) in [6.45, 7) is 0. The molecule has 1 atom stereocenters. The molecule has 29 heavy (non-hydrogen) atoms. The molecule has 1 aliphatic rings. The van der Waals surface area contributed by atoms with Crippen molar-refractivity contribution in [3.63, 3.8) is 0 Å². The van der Waals surface area contributed by atoms with Crippen molar-refractivity contribution in [2.24, 2.45) is 5.73 Å². The molecule has 156 valence electrons. The fourth-order valence-electron chi connectivity index (χ4n) is 3.45. The van der Waals surface area contributed by atoms with Crippen LogP contribution in [0.25, 0.3) is 0 Å². The van der Waals surface area contributed by atoms with Crippen LogP contribution in [0.3, 0.4) is 0 Å². The van der Waals surface area contributed by atoms with Gasteiger partial charge in [0.25, 0.3) is 5.91 Å². The number of hydrogen-bond donors (Lipinski definition) is 3. The molecule has 1 unspecified atom stereocenters. The van der Waals surface area contributed by atoms with Crippen molar-refractivity contribution in [2.45, 2.75) is 43.8 Å². The molecule has 0 spiro atoms. The summed E-state index contributed by atoms with van der Waals surface area (Å²) >= 11 is 0. The zero-order valence-corrected chi connectivity index (χ0v) is 17.3. The number of rotatable bonds is 6. The van der Waals surface area contributed by atoms with Crippen LogP contribution in [0, 0.1) is 0 Å². The van der Waals surface area contributed by atoms with E-state index in [9.17, 15) is 9.59 Å². The summed E-state index contributed by atoms with van der Waals surface area (Å²) in [5.74, 6) is 0.162. The number of benzene rings is 2. The quantitative estimate of drug-likeness (QED) is 0.673. The number of methoxy groups -OCH3 is 1. The Kier molecular flexibility index (Phi) is 8.49. The van der Waals surface area contributed by atoms with E-state index in [0.29, 0.717) is 11.3 Å². The lowest BCUT2D eigenvalue weighted by Crippen LogP contribution is -2.46. The molecule has 2 aromatic rings. The lowest BCUT2D eigenvalue weighted by molar-refractivity contribution is -0.124. The molecule has 1 saturated carbocycles. The van der Waals surface area contributed by atoms with E-state index in [0.717, 1.165) is 31.2 Å². The highest BCUT2D eigenvalue weighted by atomic mass is 35.5. The predicted octanol–water partition coefficient (Wildman–Crippen LogP) is 2.97. The van der Waals surface area contributed by atoms with E-state index in [1.807, 2.05) is 30.3 Å². The maximum absolute atomic E-state index is 13.0. The molecule has 0 radical (unpaired) electrons. The minimum atomic E-state index is -0.758. The van der Waals surface area contributed by atoms with Crippen molar-refractivity contribution in [3.05, 3.63) is 65.7 Å². The lowest BCUT2D eigenvalue weighted by Gasteiger charge is -2.29. The van der Waals surface area contributed by atoms with Crippen LogP contribution in [-0.4, -0.2) is 31.0 Å². The number of hydrogen-bond acceptors (Lipinski definition) is 4. The van der Waals surface area contributed by atoms with Crippen LogP contribution in [-0.2, 0) is 4.79 Å². The third-order valence-electron chi connectivity index (χ3n) is 5.14. The number of carbonyl (C=O) groups excluding carboxylic acids is 2. The average Bonchev–Trinajstić information content (AvgIpc) is 2.74. The third kappa shape index (κ3) is 6.21. The topological polar surface area (TPSA) is 93.4 Å². The minimum absolute atomic E-state index is 0. The number of nitrogens with two attached hydrogens (primary N) is 1. The first-order chi connectivity index (χ1) is 13.6. The summed E-state index contributed by atoms with van der Waals surface area (Å²) in [5.41, 5.74) is 7.17. The highest BCUT2D eigenvalue weighted by Gasteiger charge is 2.27. The van der Waals surface area contributed by atoms with E-state index >= 15 is 0 Å². The van der Waals surface area contributed by atoms with Gasteiger partial charge in [-0.3, -0.25) is 9.59 Å². The zero-order chi connectivity index (χ0) is 19.9. The van der Waals surface area contributed by atoms with Crippen LogP contribution in [0.2, 0.25) is 0 Å². The highest BCUT2D eigenvalue weighted by molar-refractivity contribution is 5.98. The Labute approximate surface area is 177 Å². The first-order valence-electron chi connectivity index (χ1n) is 9.62. The monoisotopic (exact) mass is 417 g/mol. The second kappa shape index (κ2) is 10.8. The van der Waals surface area contributed by atoms with Crippen molar-refractivity contribution >= 4 is 24.2 Å². The molecule has 6 nitrogen and oxygen atoms in total. The van der Waals surface area contributed by atoms with Gasteiger partial charge in [0.2, 0.25) is 5.91 Å². The van der Waals surface area contributed by atoms with Gasteiger partial charge in [0.1, 0.15) is 11.8 Å². The van der Waals surface area contributed by atoms with Crippen molar-refractivity contribution < 1.29 is 14.3 Å². The Balaban J connectivity index is 0.00000300. The van der Waals surface area contributed by atoms with Crippen LogP contribution in [0.15, 0.2) is 54.6 Å². The van der Waals surface area contributed by atoms with E-state index in [4.69, 9.17) is 10.5 Å². The summed E-state index contributed by atoms with van der Waals surface area (Å²) in [5, 5.41) is 5.95. The fourth-order valence-corrected chi connectivity index (χ4v) is 3.45. The molecule has 0 bridgehead atoms. The minimum Gasteiger partial charge on any atom is -0.497 e. The standard InChI is InChI=1S/C22H27N3O3.ClH/c1-28-19-13-7-16(8-14-19)21(26)25-20(15-5-3-2-4-6-15)22(27)24-18-11-9-17(23)10-12-18;/h2-8,13-14,17-18,20H,9-12,23H2,1H3,(H,24,27)(H,25,26);1H. The van der Waals surface area contributed by atoms with Gasteiger partial charge in [-0.1, -0.05) is 30.3 Å². The molecule has 0 saturated heterocycles. The molecular weight excluding hydrogens is 390 g/mol. The molecule has 0 aliphatic heterocycles. The predicted molar refractivity (Wildman–Crippen MR) is 115 cm³/mol. The summed E-state index contributed by atoms with van der Waals surface area (Å²) in [4.78, 5) is 25.7. The van der Waals surface area contributed by atoms with Gasteiger partial charge in [-0.15, -0.1) is 12.4 Å². The molecule has 7 heteroatoms. The Hall–Kier alpha value is -2.57. The first-order valence-corrected chi connectivity index (χ1v) is 9.62. The molecule has 4 N–H and O–H groups in total. The van der Waals surface area contributed by atoms with Crippen LogP contribution >= 0.6 is 12.4 Å². The SMILES string of the molecule is COc1ccc(C(=O)NC(C(=O)NC2CCC(N)CC2)c2ccccc2)cc1.Cl. The molecule has 1 aliphatic carbocycles. The summed E-state index contributed by atoms with van der Waals surface area (Å²) in [6.07, 6.45) is 3.53. The van der Waals surface area contributed by atoms with Gasteiger partial charge < -0.3 is 21.1 Å². The van der Waals surface area contributed by atoms with Gasteiger partial charge in [0.15, 0.2) is 0 Å². The first kappa shape index (κ1) is 22.7. The van der Waals surface area contributed by atoms with Gasteiger partial charge in [-0.05, 0) is 55.5 Å². The lowest BCUT2D eigenvalue weighted by atomic mass is 9.91. The third-order valence-corrected chi connectivity index (χ3v) is 5.14. The molecule has 2 aromatic carbocycles. The molecule has 0 heterocycles. The van der Waals surface area contributed by atoms with Gasteiger partial charge >= 0.3 is 0 Å². The second-order valence-electron chi connectivity index (χ2n) is 7.17. The number of amides is 2. The number of carbonyl (C=O) groups is 2. The van der Waals surface area contributed by atoms with Crippen molar-refractivity contribution in [3.8, 4) is 5.75 Å². The fraction of sp³-hybridized carbons (Fsp3) is 0.364. The second-order valence-corrected chi connectivity index (χ2v) is 7.17. The summed E-state index contributed by atoms with van der Waals surface area (Å²) in [7, 11) is 1.57. The zero-order valence-electron chi connectivity index (χ0n) is 16.5. The largest absolute Gasteiger partial charge is 0.497 e.